The number of aliphatic carboxylic acids is 1. The van der Waals surface area contributed by atoms with Crippen LogP contribution < -0.4 is 0 Å². The van der Waals surface area contributed by atoms with Gasteiger partial charge >= 0.3 is 5.97 Å². The van der Waals surface area contributed by atoms with Gasteiger partial charge in [-0.3, -0.25) is 4.79 Å². The third-order valence-electron chi connectivity index (χ3n) is 4.37. The molecule has 1 N–H and O–H groups in total. The van der Waals surface area contributed by atoms with Gasteiger partial charge in [0.05, 0.1) is 0 Å². The molecule has 0 atom stereocenters. The SMILES string of the molecule is O=C(O)C1(S(=O)(=O)c2ccc(F)cc2F)CC2(CC2)C1. The zero-order valence-electron chi connectivity index (χ0n) is 10.4. The molecule has 108 valence electrons. The van der Waals surface area contributed by atoms with Crippen LogP contribution in [-0.4, -0.2) is 24.2 Å². The molecule has 0 unspecified atom stereocenters. The lowest BCUT2D eigenvalue weighted by molar-refractivity contribution is -0.144. The van der Waals surface area contributed by atoms with Crippen molar-refractivity contribution in [3.8, 4) is 0 Å². The fourth-order valence-electron chi connectivity index (χ4n) is 3.05. The van der Waals surface area contributed by atoms with E-state index in [2.05, 4.69) is 0 Å². The molecular formula is C13H12F2O4S. The van der Waals surface area contributed by atoms with Crippen molar-refractivity contribution in [2.24, 2.45) is 5.41 Å². The van der Waals surface area contributed by atoms with Crippen LogP contribution in [0.3, 0.4) is 0 Å². The van der Waals surface area contributed by atoms with Crippen LogP contribution in [0.5, 0.6) is 0 Å². The van der Waals surface area contributed by atoms with E-state index in [1.807, 2.05) is 0 Å². The molecular weight excluding hydrogens is 290 g/mol. The Morgan fingerprint density at radius 1 is 1.20 bits per heavy atom. The van der Waals surface area contributed by atoms with Gasteiger partial charge < -0.3 is 5.11 Å². The topological polar surface area (TPSA) is 71.4 Å². The Hall–Kier alpha value is -1.50. The number of carbonyl (C=O) groups is 1. The number of rotatable bonds is 3. The summed E-state index contributed by atoms with van der Waals surface area (Å²) >= 11 is 0. The molecule has 0 aromatic heterocycles. The van der Waals surface area contributed by atoms with Gasteiger partial charge in [-0.2, -0.15) is 0 Å². The summed E-state index contributed by atoms with van der Waals surface area (Å²) in [5, 5.41) is 9.31. The molecule has 20 heavy (non-hydrogen) atoms. The number of carboxylic acid groups (broad SMARTS) is 1. The van der Waals surface area contributed by atoms with Gasteiger partial charge in [-0.1, -0.05) is 0 Å². The Bertz CT molecular complexity index is 699. The average Bonchev–Trinajstić information content (AvgIpc) is 3.04. The zero-order valence-corrected chi connectivity index (χ0v) is 11.2. The first kappa shape index (κ1) is 13.5. The van der Waals surface area contributed by atoms with E-state index in [0.717, 1.165) is 25.0 Å². The number of halogens is 2. The van der Waals surface area contributed by atoms with Crippen molar-refractivity contribution in [2.45, 2.75) is 35.3 Å². The summed E-state index contributed by atoms with van der Waals surface area (Å²) in [6, 6.07) is 2.06. The van der Waals surface area contributed by atoms with Crippen LogP contribution in [0, 0.1) is 17.0 Å². The Morgan fingerprint density at radius 2 is 1.80 bits per heavy atom. The molecule has 2 fully saturated rings. The lowest BCUT2D eigenvalue weighted by Gasteiger charge is -2.44. The fraction of sp³-hybridized carbons (Fsp3) is 0.462. The van der Waals surface area contributed by atoms with Gasteiger partial charge in [-0.15, -0.1) is 0 Å². The normalized spacial score (nSPS) is 22.3. The predicted octanol–water partition coefficient (Wildman–Crippen LogP) is 2.14. The Morgan fingerprint density at radius 3 is 2.25 bits per heavy atom. The quantitative estimate of drug-likeness (QED) is 0.868. The smallest absolute Gasteiger partial charge is 0.325 e. The molecule has 3 rings (SSSR count). The van der Waals surface area contributed by atoms with Crippen LogP contribution in [0.15, 0.2) is 23.1 Å². The summed E-state index contributed by atoms with van der Waals surface area (Å²) in [6.45, 7) is 0. The maximum Gasteiger partial charge on any atom is 0.325 e. The lowest BCUT2D eigenvalue weighted by atomic mass is 9.71. The molecule has 7 heteroatoms. The van der Waals surface area contributed by atoms with Crippen LogP contribution in [0.25, 0.3) is 0 Å². The molecule has 2 saturated carbocycles. The maximum absolute atomic E-state index is 13.7. The average molecular weight is 302 g/mol. The molecule has 0 saturated heterocycles. The van der Waals surface area contributed by atoms with E-state index >= 15 is 0 Å². The minimum absolute atomic E-state index is 0.00842. The van der Waals surface area contributed by atoms with Gasteiger partial charge in [-0.05, 0) is 43.2 Å². The summed E-state index contributed by atoms with van der Waals surface area (Å²) in [4.78, 5) is 10.7. The van der Waals surface area contributed by atoms with Crippen LogP contribution in [-0.2, 0) is 14.6 Å². The van der Waals surface area contributed by atoms with Crippen LogP contribution in [0.4, 0.5) is 8.78 Å². The van der Waals surface area contributed by atoms with Gasteiger partial charge in [0, 0.05) is 6.07 Å². The van der Waals surface area contributed by atoms with E-state index in [9.17, 15) is 27.1 Å². The van der Waals surface area contributed by atoms with E-state index in [1.165, 1.54) is 0 Å². The third-order valence-corrected chi connectivity index (χ3v) is 6.77. The Labute approximate surface area is 114 Å². The minimum Gasteiger partial charge on any atom is -0.480 e. The second-order valence-corrected chi connectivity index (χ2v) is 7.96. The third kappa shape index (κ3) is 1.62. The number of sulfone groups is 1. The standard InChI is InChI=1S/C13H12F2O4S/c14-8-1-2-10(9(15)5-8)20(18,19)13(11(16)17)6-12(7-13)3-4-12/h1-2,5H,3-4,6-7H2,(H,16,17). The monoisotopic (exact) mass is 302 g/mol. The molecule has 0 bridgehead atoms. The molecule has 2 aliphatic carbocycles. The van der Waals surface area contributed by atoms with Gasteiger partial charge in [0.25, 0.3) is 0 Å². The molecule has 1 aromatic carbocycles. The number of benzene rings is 1. The van der Waals surface area contributed by atoms with Crippen molar-refractivity contribution in [1.29, 1.82) is 0 Å². The van der Waals surface area contributed by atoms with Crippen molar-refractivity contribution >= 4 is 15.8 Å². The summed E-state index contributed by atoms with van der Waals surface area (Å²) in [6.07, 6.45) is 1.63. The molecule has 0 amide bonds. The number of hydrogen-bond acceptors (Lipinski definition) is 3. The van der Waals surface area contributed by atoms with Crippen molar-refractivity contribution < 1.29 is 27.1 Å². The van der Waals surface area contributed by atoms with Crippen LogP contribution in [0.1, 0.15) is 25.7 Å². The van der Waals surface area contributed by atoms with Crippen molar-refractivity contribution in [2.75, 3.05) is 0 Å². The van der Waals surface area contributed by atoms with Crippen molar-refractivity contribution in [3.63, 3.8) is 0 Å². The molecule has 2 aliphatic rings. The summed E-state index contributed by atoms with van der Waals surface area (Å²) in [5.74, 6) is -3.61. The lowest BCUT2D eigenvalue weighted by Crippen LogP contribution is -2.57. The molecule has 4 nitrogen and oxygen atoms in total. The highest BCUT2D eigenvalue weighted by Gasteiger charge is 2.70. The number of hydrogen-bond donors (Lipinski definition) is 1. The first-order chi connectivity index (χ1) is 9.22. The van der Waals surface area contributed by atoms with Gasteiger partial charge in [0.1, 0.15) is 16.5 Å². The van der Waals surface area contributed by atoms with Crippen LogP contribution in [0.2, 0.25) is 0 Å². The molecule has 1 spiro atoms. The highest BCUT2D eigenvalue weighted by molar-refractivity contribution is 7.93. The number of carboxylic acids is 1. The Kier molecular flexibility index (Phi) is 2.55. The molecule has 0 radical (unpaired) electrons. The predicted molar refractivity (Wildman–Crippen MR) is 64.8 cm³/mol. The summed E-state index contributed by atoms with van der Waals surface area (Å²) < 4.78 is 49.6. The van der Waals surface area contributed by atoms with E-state index in [0.29, 0.717) is 6.07 Å². The van der Waals surface area contributed by atoms with Crippen molar-refractivity contribution in [1.82, 2.24) is 0 Å². The highest BCUT2D eigenvalue weighted by Crippen LogP contribution is 2.68. The zero-order chi connectivity index (χ0) is 14.8. The largest absolute Gasteiger partial charge is 0.480 e. The minimum atomic E-state index is -4.38. The fourth-order valence-corrected chi connectivity index (χ4v) is 5.26. The van der Waals surface area contributed by atoms with Gasteiger partial charge in [0.2, 0.25) is 0 Å². The van der Waals surface area contributed by atoms with E-state index in [4.69, 9.17) is 0 Å². The van der Waals surface area contributed by atoms with E-state index in [1.54, 1.807) is 0 Å². The maximum atomic E-state index is 13.7. The highest BCUT2D eigenvalue weighted by atomic mass is 32.2. The van der Waals surface area contributed by atoms with Gasteiger partial charge in [-0.25, -0.2) is 17.2 Å². The Balaban J connectivity index is 2.08. The molecule has 0 heterocycles. The first-order valence-corrected chi connectivity index (χ1v) is 7.64. The summed E-state index contributed by atoms with van der Waals surface area (Å²) in [7, 11) is -4.38. The van der Waals surface area contributed by atoms with Crippen molar-refractivity contribution in [3.05, 3.63) is 29.8 Å². The van der Waals surface area contributed by atoms with E-state index < -0.39 is 37.1 Å². The van der Waals surface area contributed by atoms with Gasteiger partial charge in [0.15, 0.2) is 14.6 Å². The summed E-state index contributed by atoms with van der Waals surface area (Å²) in [5.41, 5.74) is -0.192. The van der Waals surface area contributed by atoms with E-state index in [-0.39, 0.29) is 18.3 Å². The second kappa shape index (κ2) is 3.78. The van der Waals surface area contributed by atoms with Crippen LogP contribution >= 0.6 is 0 Å². The second-order valence-electron chi connectivity index (χ2n) is 5.73. The molecule has 0 aliphatic heterocycles. The molecule has 1 aromatic rings. The first-order valence-electron chi connectivity index (χ1n) is 6.16.